The van der Waals surface area contributed by atoms with E-state index in [4.69, 9.17) is 0 Å². The second-order valence-corrected chi connectivity index (χ2v) is 14.2. The molecule has 0 saturated heterocycles. The van der Waals surface area contributed by atoms with Crippen molar-refractivity contribution < 1.29 is 4.92 Å². The summed E-state index contributed by atoms with van der Waals surface area (Å²) >= 11 is -3.02. The zero-order valence-corrected chi connectivity index (χ0v) is 17.8. The Hall–Kier alpha value is -3.16. The van der Waals surface area contributed by atoms with E-state index in [0.717, 1.165) is 5.56 Å². The van der Waals surface area contributed by atoms with E-state index in [-0.39, 0.29) is 10.6 Å². The molecule has 29 heavy (non-hydrogen) atoms. The van der Waals surface area contributed by atoms with Crippen LogP contribution in [0.25, 0.3) is 0 Å². The van der Waals surface area contributed by atoms with Crippen molar-refractivity contribution in [2.45, 2.75) is 5.21 Å². The zero-order chi connectivity index (χ0) is 20.1. The molecule has 0 atom stereocenters. The van der Waals surface area contributed by atoms with Crippen LogP contribution in [0.3, 0.4) is 0 Å². The van der Waals surface area contributed by atoms with Gasteiger partial charge in [0.1, 0.15) is 0 Å². The fourth-order valence-corrected chi connectivity index (χ4v) is 12.8. The summed E-state index contributed by atoms with van der Waals surface area (Å²) in [7, 11) is 0. The van der Waals surface area contributed by atoms with Crippen molar-refractivity contribution >= 4 is 32.3 Å². The van der Waals surface area contributed by atoms with Crippen LogP contribution in [0.5, 0.6) is 0 Å². The SMILES string of the molecule is O=[N+]([O-])c1ccccc1C[As+](c1ccccc1)(c1ccccc1)c1ccccc1. The van der Waals surface area contributed by atoms with Gasteiger partial charge < -0.3 is 0 Å². The van der Waals surface area contributed by atoms with Crippen LogP contribution in [0, 0.1) is 10.1 Å². The summed E-state index contributed by atoms with van der Waals surface area (Å²) in [5.41, 5.74) is 0.989. The fourth-order valence-electron chi connectivity index (χ4n) is 3.85. The molecule has 0 bridgehead atoms. The van der Waals surface area contributed by atoms with Crippen LogP contribution < -0.4 is 13.1 Å². The van der Waals surface area contributed by atoms with Crippen LogP contribution in [0.4, 0.5) is 5.69 Å². The molecule has 0 N–H and O–H groups in total. The van der Waals surface area contributed by atoms with Gasteiger partial charge in [0.15, 0.2) is 0 Å². The normalized spacial score (nSPS) is 11.2. The zero-order valence-electron chi connectivity index (χ0n) is 15.9. The topological polar surface area (TPSA) is 43.1 Å². The van der Waals surface area contributed by atoms with Crippen LogP contribution in [0.15, 0.2) is 115 Å². The Morgan fingerprint density at radius 3 is 1.38 bits per heavy atom. The van der Waals surface area contributed by atoms with E-state index in [1.165, 1.54) is 13.1 Å². The third-order valence-corrected chi connectivity index (χ3v) is 14.3. The first-order chi connectivity index (χ1) is 14.2. The first-order valence-electron chi connectivity index (χ1n) is 9.49. The monoisotopic (exact) mass is 442 g/mol. The summed E-state index contributed by atoms with van der Waals surface area (Å²) < 4.78 is 3.84. The van der Waals surface area contributed by atoms with Crippen molar-refractivity contribution in [1.82, 2.24) is 0 Å². The number of rotatable bonds is 6. The van der Waals surface area contributed by atoms with E-state index in [1.54, 1.807) is 12.1 Å². The molecule has 0 saturated carbocycles. The summed E-state index contributed by atoms with van der Waals surface area (Å²) in [6.07, 6.45) is 0. The Morgan fingerprint density at radius 1 is 0.586 bits per heavy atom. The quantitative estimate of drug-likeness (QED) is 0.259. The molecule has 4 heteroatoms. The van der Waals surface area contributed by atoms with Crippen molar-refractivity contribution in [2.75, 3.05) is 0 Å². The molecule has 142 valence electrons. The minimum absolute atomic E-state index is 0.195. The van der Waals surface area contributed by atoms with Crippen molar-refractivity contribution in [3.8, 4) is 0 Å². The number of hydrogen-bond donors (Lipinski definition) is 0. The van der Waals surface area contributed by atoms with Crippen LogP contribution in [0.2, 0.25) is 0 Å². The van der Waals surface area contributed by atoms with Gasteiger partial charge in [-0.05, 0) is 0 Å². The summed E-state index contributed by atoms with van der Waals surface area (Å²) in [4.78, 5) is 11.5. The van der Waals surface area contributed by atoms with Crippen LogP contribution in [-0.4, -0.2) is 18.5 Å². The van der Waals surface area contributed by atoms with Gasteiger partial charge in [-0.3, -0.25) is 0 Å². The number of benzene rings is 4. The third kappa shape index (κ3) is 3.74. The molecule has 0 heterocycles. The summed E-state index contributed by atoms with van der Waals surface area (Å²) in [5.74, 6) is 0. The Bertz CT molecular complexity index is 1000. The number of nitrogens with zero attached hydrogens (tertiary/aromatic N) is 1. The van der Waals surface area contributed by atoms with E-state index < -0.39 is 13.6 Å². The number of nitro benzene ring substituents is 1. The third-order valence-electron chi connectivity index (χ3n) is 5.19. The number of hydrogen-bond acceptors (Lipinski definition) is 2. The van der Waals surface area contributed by atoms with Gasteiger partial charge in [-0.1, -0.05) is 0 Å². The van der Waals surface area contributed by atoms with Gasteiger partial charge in [0.2, 0.25) is 0 Å². The molecule has 4 aromatic carbocycles. The van der Waals surface area contributed by atoms with Crippen LogP contribution >= 0.6 is 0 Å². The van der Waals surface area contributed by atoms with E-state index in [2.05, 4.69) is 72.8 Å². The molecule has 0 spiro atoms. The molecule has 4 rings (SSSR count). The molecular formula is C25H21AsNO2+. The molecule has 0 radical (unpaired) electrons. The average molecular weight is 442 g/mol. The summed E-state index contributed by atoms with van der Waals surface area (Å²) in [6, 6.07) is 38.7. The van der Waals surface area contributed by atoms with Gasteiger partial charge in [0.25, 0.3) is 0 Å². The van der Waals surface area contributed by atoms with Gasteiger partial charge in [-0.25, -0.2) is 0 Å². The van der Waals surface area contributed by atoms with E-state index in [0.29, 0.717) is 5.21 Å². The van der Waals surface area contributed by atoms with E-state index in [1.807, 2.05) is 30.3 Å². The predicted octanol–water partition coefficient (Wildman–Crippen LogP) is 3.85. The maximum atomic E-state index is 11.7. The Labute approximate surface area is 173 Å². The van der Waals surface area contributed by atoms with E-state index in [9.17, 15) is 10.1 Å². The number of nitro groups is 1. The molecule has 0 aromatic heterocycles. The second-order valence-electron chi connectivity index (χ2n) is 6.86. The Kier molecular flexibility index (Phi) is 5.59. The average Bonchev–Trinajstić information content (AvgIpc) is 2.79. The molecule has 0 amide bonds. The molecule has 0 aliphatic carbocycles. The van der Waals surface area contributed by atoms with E-state index >= 15 is 0 Å². The van der Waals surface area contributed by atoms with Crippen molar-refractivity contribution in [1.29, 1.82) is 0 Å². The second kappa shape index (κ2) is 8.46. The molecule has 3 nitrogen and oxygen atoms in total. The number of para-hydroxylation sites is 1. The molecule has 4 aromatic rings. The Morgan fingerprint density at radius 2 is 0.966 bits per heavy atom. The predicted molar refractivity (Wildman–Crippen MR) is 121 cm³/mol. The van der Waals surface area contributed by atoms with Crippen LogP contribution in [-0.2, 0) is 5.21 Å². The van der Waals surface area contributed by atoms with Gasteiger partial charge in [0, 0.05) is 0 Å². The van der Waals surface area contributed by atoms with Crippen molar-refractivity contribution in [3.63, 3.8) is 0 Å². The van der Waals surface area contributed by atoms with Gasteiger partial charge >= 0.3 is 173 Å². The molecule has 0 aliphatic rings. The minimum atomic E-state index is -3.02. The maximum absolute atomic E-state index is 11.7. The standard InChI is InChI=1S/C25H21AsNO2/c28-27(29)25-19-11-10-12-21(25)20-26(22-13-4-1-5-14-22,23-15-6-2-7-16-23)24-17-8-3-9-18-24/h1-19H,20H2/q+1. The van der Waals surface area contributed by atoms with Crippen molar-refractivity contribution in [3.05, 3.63) is 131 Å². The molecule has 0 fully saturated rings. The van der Waals surface area contributed by atoms with Gasteiger partial charge in [-0.2, -0.15) is 0 Å². The fraction of sp³-hybridized carbons (Fsp3) is 0.0400. The van der Waals surface area contributed by atoms with Crippen LogP contribution in [0.1, 0.15) is 5.56 Å². The first-order valence-corrected chi connectivity index (χ1v) is 13.6. The molecular weight excluding hydrogens is 421 g/mol. The summed E-state index contributed by atoms with van der Waals surface area (Å²) in [6.45, 7) is 0. The summed E-state index contributed by atoms with van der Waals surface area (Å²) in [5, 5.41) is 12.4. The Balaban J connectivity index is 2.03. The van der Waals surface area contributed by atoms with Gasteiger partial charge in [0.05, 0.1) is 0 Å². The van der Waals surface area contributed by atoms with Crippen molar-refractivity contribution in [2.24, 2.45) is 0 Å². The molecule has 0 unspecified atom stereocenters. The molecule has 0 aliphatic heterocycles. The van der Waals surface area contributed by atoms with Gasteiger partial charge in [-0.15, -0.1) is 0 Å². The first kappa shape index (κ1) is 19.2.